The van der Waals surface area contributed by atoms with Gasteiger partial charge in [0.1, 0.15) is 15.6 Å². The number of hydrogen-bond donors (Lipinski definition) is 1. The van der Waals surface area contributed by atoms with Crippen molar-refractivity contribution in [1.82, 2.24) is 10.3 Å². The minimum Gasteiger partial charge on any atom is -0.467 e. The quantitative estimate of drug-likeness (QED) is 0.775. The fourth-order valence-corrected chi connectivity index (χ4v) is 3.18. The minimum absolute atomic E-state index is 0.153. The highest BCUT2D eigenvalue weighted by Crippen LogP contribution is 2.29. The van der Waals surface area contributed by atoms with Crippen LogP contribution in [0.3, 0.4) is 0 Å². The number of benzene rings is 1. The lowest BCUT2D eigenvalue weighted by Crippen LogP contribution is -2.22. The van der Waals surface area contributed by atoms with Crippen LogP contribution in [0.4, 0.5) is 0 Å². The molecule has 112 valence electrons. The standard InChI is InChI=1S/C16H13ClN2O2S/c1-10-14(15(20)18-9-13-6-3-7-21-13)22-16(19-10)11-4-2-5-12(17)8-11/h2-8H,9H2,1H3,(H,18,20). The van der Waals surface area contributed by atoms with Gasteiger partial charge in [-0.25, -0.2) is 4.98 Å². The van der Waals surface area contributed by atoms with Crippen LogP contribution in [-0.4, -0.2) is 10.9 Å². The Bertz CT molecular complexity index is 796. The van der Waals surface area contributed by atoms with E-state index in [-0.39, 0.29) is 5.91 Å². The molecule has 0 saturated heterocycles. The molecule has 0 radical (unpaired) electrons. The second-order valence-corrected chi connectivity index (χ2v) is 6.14. The van der Waals surface area contributed by atoms with E-state index in [9.17, 15) is 4.79 Å². The number of furan rings is 1. The Morgan fingerprint density at radius 2 is 2.23 bits per heavy atom. The average Bonchev–Trinajstić information content (AvgIpc) is 3.14. The van der Waals surface area contributed by atoms with Gasteiger partial charge in [-0.05, 0) is 31.2 Å². The largest absolute Gasteiger partial charge is 0.467 e. The lowest BCUT2D eigenvalue weighted by atomic mass is 10.2. The molecule has 22 heavy (non-hydrogen) atoms. The summed E-state index contributed by atoms with van der Waals surface area (Å²) in [5, 5.41) is 4.26. The minimum atomic E-state index is -0.153. The topological polar surface area (TPSA) is 55.1 Å². The first kappa shape index (κ1) is 14.8. The van der Waals surface area contributed by atoms with E-state index in [0.717, 1.165) is 10.6 Å². The van der Waals surface area contributed by atoms with E-state index in [1.165, 1.54) is 11.3 Å². The van der Waals surface area contributed by atoms with Gasteiger partial charge in [0.05, 0.1) is 18.5 Å². The van der Waals surface area contributed by atoms with Gasteiger partial charge in [0, 0.05) is 10.6 Å². The Balaban J connectivity index is 1.78. The average molecular weight is 333 g/mol. The molecule has 0 unspecified atom stereocenters. The third kappa shape index (κ3) is 3.21. The highest BCUT2D eigenvalue weighted by molar-refractivity contribution is 7.17. The van der Waals surface area contributed by atoms with Crippen LogP contribution >= 0.6 is 22.9 Å². The van der Waals surface area contributed by atoms with E-state index in [4.69, 9.17) is 16.0 Å². The number of aryl methyl sites for hydroxylation is 1. The van der Waals surface area contributed by atoms with E-state index >= 15 is 0 Å². The molecule has 4 nitrogen and oxygen atoms in total. The molecular formula is C16H13ClN2O2S. The number of aromatic nitrogens is 1. The van der Waals surface area contributed by atoms with Crippen LogP contribution in [0.25, 0.3) is 10.6 Å². The fraction of sp³-hybridized carbons (Fsp3) is 0.125. The number of hydrogen-bond acceptors (Lipinski definition) is 4. The van der Waals surface area contributed by atoms with Crippen LogP contribution in [0.15, 0.2) is 47.1 Å². The molecule has 0 aliphatic heterocycles. The molecule has 0 spiro atoms. The van der Waals surface area contributed by atoms with Crippen molar-refractivity contribution in [2.45, 2.75) is 13.5 Å². The highest BCUT2D eigenvalue weighted by Gasteiger charge is 2.16. The molecule has 1 N–H and O–H groups in total. The second kappa shape index (κ2) is 6.34. The molecule has 3 aromatic rings. The Labute approximate surface area is 136 Å². The van der Waals surface area contributed by atoms with Gasteiger partial charge < -0.3 is 9.73 Å². The number of thiazole rings is 1. The first-order chi connectivity index (χ1) is 10.6. The molecule has 3 rings (SSSR count). The van der Waals surface area contributed by atoms with Gasteiger partial charge in [-0.1, -0.05) is 23.7 Å². The predicted octanol–water partition coefficient (Wildman–Crippen LogP) is 4.29. The van der Waals surface area contributed by atoms with Crippen molar-refractivity contribution in [3.8, 4) is 10.6 Å². The summed E-state index contributed by atoms with van der Waals surface area (Å²) in [6.07, 6.45) is 1.58. The molecule has 0 fully saturated rings. The molecule has 1 aromatic carbocycles. The zero-order valence-electron chi connectivity index (χ0n) is 11.8. The van der Waals surface area contributed by atoms with Crippen molar-refractivity contribution < 1.29 is 9.21 Å². The number of rotatable bonds is 4. The van der Waals surface area contributed by atoms with E-state index < -0.39 is 0 Å². The van der Waals surface area contributed by atoms with Crippen molar-refractivity contribution in [1.29, 1.82) is 0 Å². The van der Waals surface area contributed by atoms with Gasteiger partial charge in [-0.15, -0.1) is 11.3 Å². The summed E-state index contributed by atoms with van der Waals surface area (Å²) in [6, 6.07) is 11.0. The molecule has 0 bridgehead atoms. The zero-order chi connectivity index (χ0) is 15.5. The summed E-state index contributed by atoms with van der Waals surface area (Å²) in [5.41, 5.74) is 1.61. The number of carbonyl (C=O) groups excluding carboxylic acids is 1. The van der Waals surface area contributed by atoms with E-state index in [1.807, 2.05) is 37.3 Å². The summed E-state index contributed by atoms with van der Waals surface area (Å²) < 4.78 is 5.20. The molecule has 0 atom stereocenters. The SMILES string of the molecule is Cc1nc(-c2cccc(Cl)c2)sc1C(=O)NCc1ccco1. The van der Waals surface area contributed by atoms with Gasteiger partial charge >= 0.3 is 0 Å². The third-order valence-corrected chi connectivity index (χ3v) is 4.52. The van der Waals surface area contributed by atoms with E-state index in [2.05, 4.69) is 10.3 Å². The smallest absolute Gasteiger partial charge is 0.263 e. The fourth-order valence-electron chi connectivity index (χ4n) is 2.01. The number of amides is 1. The molecule has 0 saturated carbocycles. The van der Waals surface area contributed by atoms with Crippen molar-refractivity contribution in [3.63, 3.8) is 0 Å². The Hall–Kier alpha value is -2.11. The van der Waals surface area contributed by atoms with Crippen molar-refractivity contribution in [2.24, 2.45) is 0 Å². The first-order valence-corrected chi connectivity index (χ1v) is 7.87. The lowest BCUT2D eigenvalue weighted by molar-refractivity contribution is 0.0951. The summed E-state index contributed by atoms with van der Waals surface area (Å²) in [6.45, 7) is 2.18. The van der Waals surface area contributed by atoms with Crippen LogP contribution in [0.2, 0.25) is 5.02 Å². The summed E-state index contributed by atoms with van der Waals surface area (Å²) in [7, 11) is 0. The van der Waals surface area contributed by atoms with Crippen molar-refractivity contribution in [3.05, 3.63) is 64.0 Å². The maximum absolute atomic E-state index is 12.3. The monoisotopic (exact) mass is 332 g/mol. The first-order valence-electron chi connectivity index (χ1n) is 6.67. The van der Waals surface area contributed by atoms with Gasteiger partial charge in [0.2, 0.25) is 0 Å². The molecular weight excluding hydrogens is 320 g/mol. The Morgan fingerprint density at radius 3 is 2.95 bits per heavy atom. The number of nitrogens with zero attached hydrogens (tertiary/aromatic N) is 1. The maximum atomic E-state index is 12.3. The molecule has 1 amide bonds. The van der Waals surface area contributed by atoms with Crippen LogP contribution < -0.4 is 5.32 Å². The maximum Gasteiger partial charge on any atom is 0.263 e. The Kier molecular flexibility index (Phi) is 4.27. The molecule has 2 heterocycles. The molecule has 0 aliphatic carbocycles. The van der Waals surface area contributed by atoms with Crippen LogP contribution in [0, 0.1) is 6.92 Å². The number of nitrogens with one attached hydrogen (secondary N) is 1. The van der Waals surface area contributed by atoms with Crippen LogP contribution in [0.1, 0.15) is 21.1 Å². The normalized spacial score (nSPS) is 10.6. The van der Waals surface area contributed by atoms with E-state index in [0.29, 0.717) is 27.9 Å². The summed E-state index contributed by atoms with van der Waals surface area (Å²) in [5.74, 6) is 0.560. The second-order valence-electron chi connectivity index (χ2n) is 4.71. The van der Waals surface area contributed by atoms with Crippen molar-refractivity contribution in [2.75, 3.05) is 0 Å². The predicted molar refractivity (Wildman–Crippen MR) is 87.2 cm³/mol. The van der Waals surface area contributed by atoms with Crippen LogP contribution in [-0.2, 0) is 6.54 Å². The van der Waals surface area contributed by atoms with Gasteiger partial charge in [-0.2, -0.15) is 0 Å². The Morgan fingerprint density at radius 1 is 1.36 bits per heavy atom. The van der Waals surface area contributed by atoms with E-state index in [1.54, 1.807) is 12.3 Å². The van der Waals surface area contributed by atoms with Gasteiger partial charge in [0.15, 0.2) is 0 Å². The van der Waals surface area contributed by atoms with Crippen LogP contribution in [0.5, 0.6) is 0 Å². The molecule has 0 aliphatic rings. The lowest BCUT2D eigenvalue weighted by Gasteiger charge is -2.01. The summed E-state index contributed by atoms with van der Waals surface area (Å²) >= 11 is 7.35. The van der Waals surface area contributed by atoms with Crippen molar-refractivity contribution >= 4 is 28.8 Å². The highest BCUT2D eigenvalue weighted by atomic mass is 35.5. The molecule has 6 heteroatoms. The number of carbonyl (C=O) groups is 1. The third-order valence-electron chi connectivity index (χ3n) is 3.08. The summed E-state index contributed by atoms with van der Waals surface area (Å²) in [4.78, 5) is 17.3. The number of halogens is 1. The van der Waals surface area contributed by atoms with Gasteiger partial charge in [-0.3, -0.25) is 4.79 Å². The molecule has 2 aromatic heterocycles. The van der Waals surface area contributed by atoms with Gasteiger partial charge in [0.25, 0.3) is 5.91 Å². The zero-order valence-corrected chi connectivity index (χ0v) is 13.4.